The number of ketones is 1. The second-order valence-electron chi connectivity index (χ2n) is 6.98. The van der Waals surface area contributed by atoms with Gasteiger partial charge in [-0.2, -0.15) is 11.8 Å². The molecule has 2 saturated heterocycles. The van der Waals surface area contributed by atoms with Crippen molar-refractivity contribution in [3.63, 3.8) is 0 Å². The predicted octanol–water partition coefficient (Wildman–Crippen LogP) is 2.09. The summed E-state index contributed by atoms with van der Waals surface area (Å²) in [6.07, 6.45) is 5.56. The first-order valence-electron chi connectivity index (χ1n) is 7.73. The molecule has 0 spiro atoms. The minimum absolute atomic E-state index is 0.0803. The van der Waals surface area contributed by atoms with Crippen molar-refractivity contribution < 1.29 is 19.4 Å². The fourth-order valence-corrected chi connectivity index (χ4v) is 5.81. The maximum Gasteiger partial charge on any atom is 0.198 e. The zero-order chi connectivity index (χ0) is 14.0. The molecule has 0 aromatic rings. The molecule has 4 rings (SSSR count). The number of Topliss-reactive ketones (excluding diaryl/α,β-unsaturated/α-hetero) is 1. The van der Waals surface area contributed by atoms with E-state index in [2.05, 4.69) is 0 Å². The maximum absolute atomic E-state index is 12.3. The lowest BCUT2D eigenvalue weighted by atomic mass is 9.70. The molecule has 3 bridgehead atoms. The first-order chi connectivity index (χ1) is 9.51. The van der Waals surface area contributed by atoms with Crippen LogP contribution in [0.5, 0.6) is 0 Å². The Morgan fingerprint density at radius 3 is 2.85 bits per heavy atom. The van der Waals surface area contributed by atoms with E-state index < -0.39 is 17.7 Å². The second kappa shape index (κ2) is 4.45. The molecule has 1 N–H and O–H groups in total. The van der Waals surface area contributed by atoms with E-state index in [1.165, 1.54) is 25.7 Å². The Bertz CT molecular complexity index is 436. The van der Waals surface area contributed by atoms with Gasteiger partial charge in [-0.1, -0.05) is 12.8 Å². The maximum atomic E-state index is 12.3. The SMILES string of the molecule is C[C@]12CC(=O)[C@@H]3C[C@@]1(O)O[C@H](O2)[C@H]3CSC1CCCC1. The molecule has 112 valence electrons. The van der Waals surface area contributed by atoms with Gasteiger partial charge in [0.1, 0.15) is 11.4 Å². The van der Waals surface area contributed by atoms with Crippen molar-refractivity contribution in [2.24, 2.45) is 11.8 Å². The fourth-order valence-electron chi connectivity index (χ4n) is 4.26. The van der Waals surface area contributed by atoms with Crippen molar-refractivity contribution in [3.05, 3.63) is 0 Å². The van der Waals surface area contributed by atoms with Crippen LogP contribution in [0.15, 0.2) is 0 Å². The number of carbonyl (C=O) groups excluding carboxylic acids is 1. The van der Waals surface area contributed by atoms with Crippen LogP contribution in [-0.2, 0) is 14.3 Å². The lowest BCUT2D eigenvalue weighted by Crippen LogP contribution is -2.59. The van der Waals surface area contributed by atoms with Gasteiger partial charge in [-0.25, -0.2) is 0 Å². The Hall–Kier alpha value is -0.100. The van der Waals surface area contributed by atoms with Crippen molar-refractivity contribution in [3.8, 4) is 0 Å². The van der Waals surface area contributed by atoms with Gasteiger partial charge < -0.3 is 14.6 Å². The van der Waals surface area contributed by atoms with Gasteiger partial charge >= 0.3 is 0 Å². The molecule has 2 aliphatic carbocycles. The number of hydrogen-bond donors (Lipinski definition) is 1. The van der Waals surface area contributed by atoms with Crippen LogP contribution in [0.3, 0.4) is 0 Å². The monoisotopic (exact) mass is 298 g/mol. The van der Waals surface area contributed by atoms with Gasteiger partial charge in [0.05, 0.1) is 0 Å². The van der Waals surface area contributed by atoms with E-state index in [0.717, 1.165) is 11.0 Å². The highest BCUT2D eigenvalue weighted by Gasteiger charge is 2.69. The van der Waals surface area contributed by atoms with Crippen LogP contribution in [0, 0.1) is 11.8 Å². The Kier molecular flexibility index (Phi) is 3.01. The molecule has 2 saturated carbocycles. The van der Waals surface area contributed by atoms with Crippen LogP contribution in [0.25, 0.3) is 0 Å². The molecule has 0 unspecified atom stereocenters. The van der Waals surface area contributed by atoms with Crippen LogP contribution < -0.4 is 0 Å². The highest BCUT2D eigenvalue weighted by molar-refractivity contribution is 7.99. The van der Waals surface area contributed by atoms with Crippen molar-refractivity contribution in [2.75, 3.05) is 5.75 Å². The number of rotatable bonds is 3. The topological polar surface area (TPSA) is 55.8 Å². The van der Waals surface area contributed by atoms with Gasteiger partial charge in [-0.3, -0.25) is 4.79 Å². The third-order valence-corrected chi connectivity index (χ3v) is 7.15. The standard InChI is InChI=1S/C15H22O4S/c1-14-7-12(16)10-6-15(14,17)19-13(18-14)11(10)8-20-9-4-2-3-5-9/h9-11,13,17H,2-8H2,1H3/t10-,11+,13+,14+,15-/m1/s1. The molecule has 0 amide bonds. The van der Waals surface area contributed by atoms with E-state index in [-0.39, 0.29) is 24.0 Å². The number of thioether (sulfide) groups is 1. The van der Waals surface area contributed by atoms with Gasteiger partial charge in [0, 0.05) is 35.7 Å². The number of ether oxygens (including phenoxy) is 2. The molecule has 4 aliphatic rings. The van der Waals surface area contributed by atoms with E-state index in [4.69, 9.17) is 9.47 Å². The average Bonchev–Trinajstić information content (AvgIpc) is 2.93. The molecule has 2 aliphatic heterocycles. The minimum Gasteiger partial charge on any atom is -0.363 e. The zero-order valence-corrected chi connectivity index (χ0v) is 12.7. The van der Waals surface area contributed by atoms with Gasteiger partial charge in [0.25, 0.3) is 0 Å². The Morgan fingerprint density at radius 2 is 2.10 bits per heavy atom. The highest BCUT2D eigenvalue weighted by atomic mass is 32.2. The lowest BCUT2D eigenvalue weighted by molar-refractivity contribution is -0.266. The summed E-state index contributed by atoms with van der Waals surface area (Å²) in [5, 5.41) is 11.3. The molecule has 20 heavy (non-hydrogen) atoms. The number of aliphatic hydroxyl groups is 1. The summed E-state index contributed by atoms with van der Waals surface area (Å²) >= 11 is 1.97. The summed E-state index contributed by atoms with van der Waals surface area (Å²) in [6.45, 7) is 1.81. The summed E-state index contributed by atoms with van der Waals surface area (Å²) in [5.74, 6) is -0.0521. The molecular formula is C15H22O4S. The largest absolute Gasteiger partial charge is 0.363 e. The van der Waals surface area contributed by atoms with Crippen molar-refractivity contribution in [1.29, 1.82) is 0 Å². The van der Waals surface area contributed by atoms with Crippen LogP contribution in [0.2, 0.25) is 0 Å². The quantitative estimate of drug-likeness (QED) is 0.864. The molecule has 2 heterocycles. The average molecular weight is 298 g/mol. The first-order valence-corrected chi connectivity index (χ1v) is 8.78. The fraction of sp³-hybridized carbons (Fsp3) is 0.933. The van der Waals surface area contributed by atoms with E-state index in [0.29, 0.717) is 6.42 Å². The van der Waals surface area contributed by atoms with E-state index in [1.54, 1.807) is 0 Å². The molecule has 4 nitrogen and oxygen atoms in total. The Morgan fingerprint density at radius 1 is 1.35 bits per heavy atom. The summed E-state index contributed by atoms with van der Waals surface area (Å²) in [7, 11) is 0. The molecular weight excluding hydrogens is 276 g/mol. The molecule has 5 heteroatoms. The zero-order valence-electron chi connectivity index (χ0n) is 11.8. The number of hydrogen-bond acceptors (Lipinski definition) is 5. The number of fused-ring (bicyclic) bond motifs is 2. The van der Waals surface area contributed by atoms with Crippen LogP contribution in [0.1, 0.15) is 45.4 Å². The third kappa shape index (κ3) is 1.83. The normalized spacial score (nSPS) is 51.1. The van der Waals surface area contributed by atoms with Gasteiger partial charge in [0.2, 0.25) is 0 Å². The van der Waals surface area contributed by atoms with Gasteiger partial charge in [0.15, 0.2) is 12.1 Å². The van der Waals surface area contributed by atoms with Crippen molar-refractivity contribution in [2.45, 2.75) is 68.4 Å². The van der Waals surface area contributed by atoms with Crippen molar-refractivity contribution >= 4 is 17.5 Å². The van der Waals surface area contributed by atoms with Gasteiger partial charge in [-0.05, 0) is 19.8 Å². The predicted molar refractivity (Wildman–Crippen MR) is 75.2 cm³/mol. The van der Waals surface area contributed by atoms with E-state index >= 15 is 0 Å². The summed E-state index contributed by atoms with van der Waals surface area (Å²) in [4.78, 5) is 12.3. The summed E-state index contributed by atoms with van der Waals surface area (Å²) in [5.41, 5.74) is -0.835. The van der Waals surface area contributed by atoms with Crippen LogP contribution in [0.4, 0.5) is 0 Å². The Balaban J connectivity index is 1.52. The molecule has 0 aromatic carbocycles. The van der Waals surface area contributed by atoms with E-state index in [9.17, 15) is 9.90 Å². The second-order valence-corrected chi connectivity index (χ2v) is 8.31. The van der Waals surface area contributed by atoms with Crippen LogP contribution in [-0.4, -0.2) is 39.6 Å². The summed E-state index contributed by atoms with van der Waals surface area (Å²) < 4.78 is 11.7. The highest BCUT2D eigenvalue weighted by Crippen LogP contribution is 2.56. The third-order valence-electron chi connectivity index (χ3n) is 5.63. The van der Waals surface area contributed by atoms with E-state index in [1.807, 2.05) is 18.7 Å². The summed E-state index contributed by atoms with van der Waals surface area (Å²) in [6, 6.07) is 0. The first kappa shape index (κ1) is 13.6. The smallest absolute Gasteiger partial charge is 0.198 e. The van der Waals surface area contributed by atoms with Gasteiger partial charge in [-0.15, -0.1) is 0 Å². The Labute approximate surface area is 123 Å². The number of carbonyl (C=O) groups is 1. The molecule has 0 aromatic heterocycles. The molecule has 5 atom stereocenters. The van der Waals surface area contributed by atoms with Crippen molar-refractivity contribution in [1.82, 2.24) is 0 Å². The minimum atomic E-state index is -1.25. The van der Waals surface area contributed by atoms with Crippen LogP contribution >= 0.6 is 11.8 Å². The lowest BCUT2D eigenvalue weighted by Gasteiger charge is -2.45. The molecule has 4 fully saturated rings. The molecule has 0 radical (unpaired) electrons.